The van der Waals surface area contributed by atoms with Crippen molar-refractivity contribution >= 4 is 11.7 Å². The number of fused-ring (bicyclic) bond motifs is 1. The number of hydrogen-bond acceptors (Lipinski definition) is 3. The third kappa shape index (κ3) is 1.88. The summed E-state index contributed by atoms with van der Waals surface area (Å²) in [6.07, 6.45) is 0.160. The highest BCUT2D eigenvalue weighted by Gasteiger charge is 2.24. The van der Waals surface area contributed by atoms with Crippen LogP contribution in [0, 0.1) is 0 Å². The van der Waals surface area contributed by atoms with Crippen LogP contribution < -0.4 is 10.1 Å². The van der Waals surface area contributed by atoms with Crippen molar-refractivity contribution in [2.45, 2.75) is 12.3 Å². The highest BCUT2D eigenvalue weighted by Crippen LogP contribution is 2.35. The van der Waals surface area contributed by atoms with Crippen LogP contribution in [-0.4, -0.2) is 24.7 Å². The number of carboxylic acids is 1. The number of ether oxygens (including phenoxy) is 1. The first-order chi connectivity index (χ1) is 7.20. The SMILES string of the molecule is COc1ccc2c(c1)[C@H](CC(=O)O)CN2. The Hall–Kier alpha value is -1.71. The lowest BCUT2D eigenvalue weighted by molar-refractivity contribution is -0.137. The van der Waals surface area contributed by atoms with Crippen LogP contribution in [0.2, 0.25) is 0 Å². The Morgan fingerprint density at radius 1 is 1.67 bits per heavy atom. The number of nitrogens with one attached hydrogen (secondary N) is 1. The number of aliphatic carboxylic acids is 1. The van der Waals surface area contributed by atoms with E-state index in [2.05, 4.69) is 5.32 Å². The summed E-state index contributed by atoms with van der Waals surface area (Å²) in [6, 6.07) is 5.70. The minimum absolute atomic E-state index is 0.0487. The van der Waals surface area contributed by atoms with Crippen LogP contribution in [0.5, 0.6) is 5.75 Å². The number of anilines is 1. The number of benzene rings is 1. The van der Waals surface area contributed by atoms with Gasteiger partial charge in [0, 0.05) is 18.2 Å². The second-order valence-electron chi connectivity index (χ2n) is 3.63. The fourth-order valence-electron chi connectivity index (χ4n) is 1.90. The van der Waals surface area contributed by atoms with E-state index in [1.165, 1.54) is 0 Å². The van der Waals surface area contributed by atoms with Gasteiger partial charge in [0.2, 0.25) is 0 Å². The van der Waals surface area contributed by atoms with Crippen molar-refractivity contribution < 1.29 is 14.6 Å². The van der Waals surface area contributed by atoms with Crippen molar-refractivity contribution in [2.75, 3.05) is 19.0 Å². The Morgan fingerprint density at radius 2 is 2.47 bits per heavy atom. The number of rotatable bonds is 3. The molecule has 1 aromatic carbocycles. The first kappa shape index (κ1) is 9.83. The van der Waals surface area contributed by atoms with Gasteiger partial charge in [0.05, 0.1) is 13.5 Å². The summed E-state index contributed by atoms with van der Waals surface area (Å²) >= 11 is 0. The van der Waals surface area contributed by atoms with Crippen molar-refractivity contribution in [3.8, 4) is 5.75 Å². The minimum atomic E-state index is -0.766. The van der Waals surface area contributed by atoms with Gasteiger partial charge in [0.15, 0.2) is 0 Å². The van der Waals surface area contributed by atoms with Crippen molar-refractivity contribution in [1.82, 2.24) is 0 Å². The number of hydrogen-bond donors (Lipinski definition) is 2. The predicted molar refractivity (Wildman–Crippen MR) is 56.5 cm³/mol. The van der Waals surface area contributed by atoms with Crippen LogP contribution >= 0.6 is 0 Å². The molecule has 1 aliphatic rings. The molecule has 1 aromatic rings. The lowest BCUT2D eigenvalue weighted by atomic mass is 9.98. The molecule has 0 unspecified atom stereocenters. The third-order valence-corrected chi connectivity index (χ3v) is 2.66. The molecular weight excluding hydrogens is 194 g/mol. The maximum absolute atomic E-state index is 10.7. The van der Waals surface area contributed by atoms with Crippen molar-refractivity contribution in [1.29, 1.82) is 0 Å². The van der Waals surface area contributed by atoms with Gasteiger partial charge in [0.1, 0.15) is 5.75 Å². The van der Waals surface area contributed by atoms with Crippen LogP contribution in [0.25, 0.3) is 0 Å². The molecule has 2 rings (SSSR count). The zero-order chi connectivity index (χ0) is 10.8. The van der Waals surface area contributed by atoms with Crippen molar-refractivity contribution in [3.05, 3.63) is 23.8 Å². The van der Waals surface area contributed by atoms with Crippen molar-refractivity contribution in [2.24, 2.45) is 0 Å². The standard InChI is InChI=1S/C11H13NO3/c1-15-8-2-3-10-9(5-8)7(6-12-10)4-11(13)14/h2-3,5,7,12H,4,6H2,1H3,(H,13,14)/t7-/m1/s1. The van der Waals surface area contributed by atoms with E-state index in [9.17, 15) is 4.79 Å². The molecule has 15 heavy (non-hydrogen) atoms. The summed E-state index contributed by atoms with van der Waals surface area (Å²) in [6.45, 7) is 0.689. The van der Waals surface area contributed by atoms with Crippen LogP contribution in [0.1, 0.15) is 17.9 Å². The largest absolute Gasteiger partial charge is 0.497 e. The molecule has 1 heterocycles. The van der Waals surface area contributed by atoms with E-state index in [0.29, 0.717) is 6.54 Å². The molecule has 1 atom stereocenters. The maximum Gasteiger partial charge on any atom is 0.304 e. The molecule has 0 aliphatic carbocycles. The normalized spacial score (nSPS) is 18.1. The number of carboxylic acid groups (broad SMARTS) is 1. The summed E-state index contributed by atoms with van der Waals surface area (Å²) in [5.41, 5.74) is 2.05. The zero-order valence-electron chi connectivity index (χ0n) is 8.49. The van der Waals surface area contributed by atoms with Gasteiger partial charge in [-0.25, -0.2) is 0 Å². The van der Waals surface area contributed by atoms with Gasteiger partial charge in [0.25, 0.3) is 0 Å². The molecule has 4 nitrogen and oxygen atoms in total. The average molecular weight is 207 g/mol. The minimum Gasteiger partial charge on any atom is -0.497 e. The molecule has 0 radical (unpaired) electrons. The van der Waals surface area contributed by atoms with Crippen LogP contribution in [0.3, 0.4) is 0 Å². The Labute approximate surface area is 87.9 Å². The quantitative estimate of drug-likeness (QED) is 0.791. The third-order valence-electron chi connectivity index (χ3n) is 2.66. The molecule has 0 saturated heterocycles. The Bertz CT molecular complexity index is 389. The molecule has 1 aliphatic heterocycles. The van der Waals surface area contributed by atoms with Crippen LogP contribution in [-0.2, 0) is 4.79 Å². The Morgan fingerprint density at radius 3 is 3.13 bits per heavy atom. The number of carbonyl (C=O) groups is 1. The van der Waals surface area contributed by atoms with E-state index >= 15 is 0 Å². The van der Waals surface area contributed by atoms with Gasteiger partial charge in [-0.2, -0.15) is 0 Å². The van der Waals surface area contributed by atoms with Gasteiger partial charge in [-0.15, -0.1) is 0 Å². The zero-order valence-corrected chi connectivity index (χ0v) is 8.49. The average Bonchev–Trinajstić information content (AvgIpc) is 2.60. The molecule has 0 aromatic heterocycles. The molecule has 0 amide bonds. The number of methoxy groups -OCH3 is 1. The molecule has 0 bridgehead atoms. The molecule has 2 N–H and O–H groups in total. The smallest absolute Gasteiger partial charge is 0.304 e. The first-order valence-electron chi connectivity index (χ1n) is 4.84. The second-order valence-corrected chi connectivity index (χ2v) is 3.63. The maximum atomic E-state index is 10.7. The van der Waals surface area contributed by atoms with Gasteiger partial charge in [-0.1, -0.05) is 0 Å². The fraction of sp³-hybridized carbons (Fsp3) is 0.364. The van der Waals surface area contributed by atoms with Gasteiger partial charge in [-0.3, -0.25) is 4.79 Å². The van der Waals surface area contributed by atoms with E-state index in [1.54, 1.807) is 7.11 Å². The predicted octanol–water partition coefficient (Wildman–Crippen LogP) is 1.68. The summed E-state index contributed by atoms with van der Waals surface area (Å²) < 4.78 is 5.12. The molecule has 0 fully saturated rings. The van der Waals surface area contributed by atoms with E-state index in [-0.39, 0.29) is 12.3 Å². The topological polar surface area (TPSA) is 58.6 Å². The Balaban J connectivity index is 2.27. The van der Waals surface area contributed by atoms with E-state index in [4.69, 9.17) is 9.84 Å². The van der Waals surface area contributed by atoms with Crippen molar-refractivity contribution in [3.63, 3.8) is 0 Å². The lowest BCUT2D eigenvalue weighted by Crippen LogP contribution is -2.08. The highest BCUT2D eigenvalue weighted by atomic mass is 16.5. The summed E-state index contributed by atoms with van der Waals surface area (Å²) in [5, 5.41) is 12.0. The molecule has 4 heteroatoms. The van der Waals surface area contributed by atoms with E-state index in [1.807, 2.05) is 18.2 Å². The van der Waals surface area contributed by atoms with E-state index in [0.717, 1.165) is 17.0 Å². The summed E-state index contributed by atoms with van der Waals surface area (Å²) in [5.74, 6) is 0.0536. The van der Waals surface area contributed by atoms with E-state index < -0.39 is 5.97 Å². The lowest BCUT2D eigenvalue weighted by Gasteiger charge is -2.08. The molecule has 0 spiro atoms. The Kier molecular flexibility index (Phi) is 2.49. The summed E-state index contributed by atoms with van der Waals surface area (Å²) in [4.78, 5) is 10.7. The second kappa shape index (κ2) is 3.81. The van der Waals surface area contributed by atoms with Gasteiger partial charge >= 0.3 is 5.97 Å². The van der Waals surface area contributed by atoms with Gasteiger partial charge < -0.3 is 15.2 Å². The van der Waals surface area contributed by atoms with Gasteiger partial charge in [-0.05, 0) is 23.8 Å². The highest BCUT2D eigenvalue weighted by molar-refractivity contribution is 5.71. The molecule has 0 saturated carbocycles. The van der Waals surface area contributed by atoms with Crippen LogP contribution in [0.4, 0.5) is 5.69 Å². The summed E-state index contributed by atoms with van der Waals surface area (Å²) in [7, 11) is 1.61. The molecular formula is C11H13NO3. The fourth-order valence-corrected chi connectivity index (χ4v) is 1.90. The first-order valence-corrected chi connectivity index (χ1v) is 4.84. The van der Waals surface area contributed by atoms with Crippen LogP contribution in [0.15, 0.2) is 18.2 Å². The monoisotopic (exact) mass is 207 g/mol. The molecule has 80 valence electrons.